The zero-order valence-electron chi connectivity index (χ0n) is 32.6. The van der Waals surface area contributed by atoms with Crippen LogP contribution in [-0.2, 0) is 0 Å². The third kappa shape index (κ3) is 17.9. The summed E-state index contributed by atoms with van der Waals surface area (Å²) in [7, 11) is 0. The average Bonchev–Trinajstić information content (AvgIpc) is 3.18. The van der Waals surface area contributed by atoms with Crippen molar-refractivity contribution in [2.45, 2.75) is 142 Å². The summed E-state index contributed by atoms with van der Waals surface area (Å²) in [6.45, 7) is 5.95. The third-order valence-electron chi connectivity index (χ3n) is 9.72. The predicted octanol–water partition coefficient (Wildman–Crippen LogP) is 14.6. The van der Waals surface area contributed by atoms with Crippen molar-refractivity contribution in [3.8, 4) is 36.2 Å². The van der Waals surface area contributed by atoms with E-state index in [4.69, 9.17) is 22.3 Å². The van der Waals surface area contributed by atoms with Gasteiger partial charge >= 0.3 is 0 Å². The summed E-state index contributed by atoms with van der Waals surface area (Å²) in [4.78, 5) is 0. The van der Waals surface area contributed by atoms with Crippen molar-refractivity contribution in [3.63, 3.8) is 0 Å². The number of rotatable bonds is 28. The Balaban J connectivity index is 1.71. The second-order valence-corrected chi connectivity index (χ2v) is 14.2. The van der Waals surface area contributed by atoms with Crippen molar-refractivity contribution >= 4 is 24.3 Å². The van der Waals surface area contributed by atoms with Crippen molar-refractivity contribution in [3.05, 3.63) is 94.0 Å². The largest absolute Gasteiger partial charge is 0.493 e. The van der Waals surface area contributed by atoms with E-state index in [9.17, 15) is 0 Å². The molecule has 0 bridgehead atoms. The van der Waals surface area contributed by atoms with E-state index in [-0.39, 0.29) is 0 Å². The summed E-state index contributed by atoms with van der Waals surface area (Å²) in [6.07, 6.45) is 45.7. The van der Waals surface area contributed by atoms with Crippen molar-refractivity contribution in [1.82, 2.24) is 0 Å². The Morgan fingerprint density at radius 3 is 1.04 bits per heavy atom. The van der Waals surface area contributed by atoms with Crippen LogP contribution in [0.3, 0.4) is 0 Å². The fourth-order valence-corrected chi connectivity index (χ4v) is 6.40. The van der Waals surface area contributed by atoms with Gasteiger partial charge in [-0.15, -0.1) is 12.8 Å². The maximum Gasteiger partial charge on any atom is 0.127 e. The molecule has 0 heterocycles. The first-order chi connectivity index (χ1) is 25.7. The molecule has 3 aromatic rings. The fourth-order valence-electron chi connectivity index (χ4n) is 6.40. The molecule has 0 saturated carbocycles. The van der Waals surface area contributed by atoms with Gasteiger partial charge in [0.2, 0.25) is 0 Å². The lowest BCUT2D eigenvalue weighted by Gasteiger charge is -2.16. The Labute approximate surface area is 318 Å². The van der Waals surface area contributed by atoms with E-state index in [0.717, 1.165) is 57.7 Å². The van der Waals surface area contributed by atoms with E-state index in [0.29, 0.717) is 13.2 Å². The van der Waals surface area contributed by atoms with E-state index >= 15 is 0 Å². The number of benzene rings is 3. The Bertz CT molecular complexity index is 1390. The molecule has 0 aliphatic rings. The van der Waals surface area contributed by atoms with Gasteiger partial charge in [0.25, 0.3) is 0 Å². The van der Waals surface area contributed by atoms with Gasteiger partial charge in [-0.2, -0.15) is 0 Å². The van der Waals surface area contributed by atoms with Crippen LogP contribution >= 0.6 is 0 Å². The molecular weight excluding hydrogens is 633 g/mol. The molecule has 0 saturated heterocycles. The van der Waals surface area contributed by atoms with Crippen molar-refractivity contribution in [2.75, 3.05) is 13.2 Å². The van der Waals surface area contributed by atoms with Gasteiger partial charge in [0.05, 0.1) is 13.2 Å². The fraction of sp³-hybridized carbons (Fsp3) is 0.480. The standard InChI is InChI=1S/C50H66O2/c1-5-9-11-13-15-17-19-21-23-25-39-51-49-41-48(38-36-46-33-29-44(8-4)30-34-46)50(52-40-26-24-22-20-18-16-14-12-10-6-2)42-47(49)37-35-45-31-27-43(7-3)28-32-45/h3-4,27-38,41-42H,5-6,9-26,39-40H2,1-2H3/b37-35+,38-36+. The Hall–Kier alpha value is -4.14. The lowest BCUT2D eigenvalue weighted by Crippen LogP contribution is -2.03. The summed E-state index contributed by atoms with van der Waals surface area (Å²) in [5.74, 6) is 7.17. The minimum Gasteiger partial charge on any atom is -0.493 e. The van der Waals surface area contributed by atoms with E-state index < -0.39 is 0 Å². The number of unbranched alkanes of at least 4 members (excludes halogenated alkanes) is 18. The molecule has 0 amide bonds. The van der Waals surface area contributed by atoms with Crippen LogP contribution in [0.5, 0.6) is 11.5 Å². The molecule has 0 radical (unpaired) electrons. The van der Waals surface area contributed by atoms with Gasteiger partial charge in [0, 0.05) is 22.3 Å². The predicted molar refractivity (Wildman–Crippen MR) is 228 cm³/mol. The summed E-state index contributed by atoms with van der Waals surface area (Å²) in [5.41, 5.74) is 5.97. The van der Waals surface area contributed by atoms with Crippen LogP contribution in [0.2, 0.25) is 0 Å². The average molecular weight is 699 g/mol. The molecule has 0 unspecified atom stereocenters. The first kappa shape index (κ1) is 42.3. The van der Waals surface area contributed by atoms with Crippen molar-refractivity contribution in [2.24, 2.45) is 0 Å². The summed E-state index contributed by atoms with van der Waals surface area (Å²) in [5, 5.41) is 0. The highest BCUT2D eigenvalue weighted by molar-refractivity contribution is 5.79. The van der Waals surface area contributed by atoms with Crippen LogP contribution in [0, 0.1) is 24.7 Å². The van der Waals surface area contributed by atoms with Crippen molar-refractivity contribution < 1.29 is 9.47 Å². The zero-order valence-corrected chi connectivity index (χ0v) is 32.6. The van der Waals surface area contributed by atoms with Crippen LogP contribution in [0.1, 0.15) is 176 Å². The second-order valence-electron chi connectivity index (χ2n) is 14.2. The van der Waals surface area contributed by atoms with Crippen LogP contribution in [0.4, 0.5) is 0 Å². The molecule has 0 N–H and O–H groups in total. The smallest absolute Gasteiger partial charge is 0.127 e. The minimum absolute atomic E-state index is 0.698. The minimum atomic E-state index is 0.698. The lowest BCUT2D eigenvalue weighted by atomic mass is 10.0. The number of hydrogen-bond donors (Lipinski definition) is 0. The van der Waals surface area contributed by atoms with Crippen LogP contribution in [0.15, 0.2) is 60.7 Å². The molecule has 0 aliphatic carbocycles. The topological polar surface area (TPSA) is 18.5 Å². The van der Waals surface area contributed by atoms with Gasteiger partial charge in [-0.1, -0.05) is 190 Å². The highest BCUT2D eigenvalue weighted by atomic mass is 16.5. The van der Waals surface area contributed by atoms with E-state index in [1.807, 2.05) is 24.3 Å². The van der Waals surface area contributed by atoms with Crippen molar-refractivity contribution in [1.29, 1.82) is 0 Å². The third-order valence-corrected chi connectivity index (χ3v) is 9.72. The van der Waals surface area contributed by atoms with Gasteiger partial charge in [-0.05, 0) is 60.4 Å². The van der Waals surface area contributed by atoms with E-state index in [1.54, 1.807) is 0 Å². The SMILES string of the molecule is C#Cc1ccc(/C=C/c2cc(OCCCCCCCCCCCC)c(/C=C/c3ccc(C#C)cc3)cc2OCCCCCCCCCCCC)cc1. The highest BCUT2D eigenvalue weighted by Crippen LogP contribution is 2.33. The monoisotopic (exact) mass is 699 g/mol. The first-order valence-electron chi connectivity index (χ1n) is 20.6. The molecule has 52 heavy (non-hydrogen) atoms. The second kappa shape index (κ2) is 27.5. The molecule has 278 valence electrons. The Morgan fingerprint density at radius 1 is 0.423 bits per heavy atom. The number of ether oxygens (including phenoxy) is 2. The molecule has 0 spiro atoms. The van der Waals surface area contributed by atoms with Gasteiger partial charge < -0.3 is 9.47 Å². The van der Waals surface area contributed by atoms with Crippen LogP contribution < -0.4 is 9.47 Å². The Morgan fingerprint density at radius 2 is 0.731 bits per heavy atom. The van der Waals surface area contributed by atoms with Gasteiger partial charge in [-0.25, -0.2) is 0 Å². The highest BCUT2D eigenvalue weighted by Gasteiger charge is 2.11. The zero-order chi connectivity index (χ0) is 36.9. The maximum absolute atomic E-state index is 6.53. The van der Waals surface area contributed by atoms with Gasteiger partial charge in [0.15, 0.2) is 0 Å². The maximum atomic E-state index is 6.53. The molecule has 0 atom stereocenters. The van der Waals surface area contributed by atoms with E-state index in [1.165, 1.54) is 116 Å². The molecule has 0 aromatic heterocycles. The normalized spacial score (nSPS) is 11.2. The summed E-state index contributed by atoms with van der Waals surface area (Å²) < 4.78 is 13.1. The van der Waals surface area contributed by atoms with Crippen LogP contribution in [-0.4, -0.2) is 13.2 Å². The quantitative estimate of drug-likeness (QED) is 0.0427. The molecule has 0 fully saturated rings. The molecule has 2 nitrogen and oxygen atoms in total. The number of hydrogen-bond acceptors (Lipinski definition) is 2. The van der Waals surface area contributed by atoms with Gasteiger partial charge in [0.1, 0.15) is 11.5 Å². The Kier molecular flexibility index (Phi) is 22.4. The first-order valence-corrected chi connectivity index (χ1v) is 20.6. The molecule has 3 aromatic carbocycles. The van der Waals surface area contributed by atoms with Gasteiger partial charge in [-0.3, -0.25) is 0 Å². The molecule has 0 aliphatic heterocycles. The van der Waals surface area contributed by atoms with E-state index in [2.05, 4.69) is 86.4 Å². The summed E-state index contributed by atoms with van der Waals surface area (Å²) >= 11 is 0. The lowest BCUT2D eigenvalue weighted by molar-refractivity contribution is 0.295. The summed E-state index contributed by atoms with van der Waals surface area (Å²) in [6, 6.07) is 20.4. The molecule has 2 heteroatoms. The van der Waals surface area contributed by atoms with Crippen LogP contribution in [0.25, 0.3) is 24.3 Å². The molecule has 3 rings (SSSR count). The number of terminal acetylenes is 2. The molecular formula is C50H66O2.